The molecule has 0 spiro atoms. The van der Waals surface area contributed by atoms with Gasteiger partial charge >= 0.3 is 0 Å². The molecule has 1 unspecified atom stereocenters. The van der Waals surface area contributed by atoms with Crippen LogP contribution in [0.3, 0.4) is 0 Å². The summed E-state index contributed by atoms with van der Waals surface area (Å²) in [7, 11) is 5.04. The number of Topliss-reactive ketones (excluding diaryl/α,β-unsaturated/α-hetero) is 1. The molecule has 1 atom stereocenters. The van der Waals surface area contributed by atoms with Crippen molar-refractivity contribution in [1.82, 2.24) is 15.1 Å². The van der Waals surface area contributed by atoms with Crippen molar-refractivity contribution >= 4 is 11.7 Å². The lowest BCUT2D eigenvalue weighted by Crippen LogP contribution is -2.30. The third kappa shape index (κ3) is 4.30. The quantitative estimate of drug-likeness (QED) is 0.664. The summed E-state index contributed by atoms with van der Waals surface area (Å²) in [5.41, 5.74) is 4.24. The summed E-state index contributed by atoms with van der Waals surface area (Å²) in [5.74, 6) is 1.16. The number of amides is 1. The average molecular weight is 419 g/mol. The Balaban J connectivity index is 1.50. The minimum Gasteiger partial charge on any atom is -0.496 e. The van der Waals surface area contributed by atoms with E-state index < -0.39 is 0 Å². The van der Waals surface area contributed by atoms with Gasteiger partial charge in [-0.05, 0) is 41.8 Å². The molecule has 1 aromatic heterocycles. The van der Waals surface area contributed by atoms with Crippen LogP contribution in [0.2, 0.25) is 0 Å². The Morgan fingerprint density at radius 1 is 1.19 bits per heavy atom. The van der Waals surface area contributed by atoms with E-state index in [9.17, 15) is 9.59 Å². The van der Waals surface area contributed by atoms with E-state index in [1.807, 2.05) is 36.5 Å². The summed E-state index contributed by atoms with van der Waals surface area (Å²) < 4.78 is 11.4. The van der Waals surface area contributed by atoms with E-state index in [2.05, 4.69) is 10.2 Å². The Kier molecular flexibility index (Phi) is 5.75. The molecule has 31 heavy (non-hydrogen) atoms. The van der Waals surface area contributed by atoms with Crippen molar-refractivity contribution in [1.29, 1.82) is 0 Å². The van der Waals surface area contributed by atoms with Crippen LogP contribution < -0.4 is 9.47 Å². The Labute approximate surface area is 181 Å². The predicted octanol–water partition coefficient (Wildman–Crippen LogP) is 3.15. The summed E-state index contributed by atoms with van der Waals surface area (Å²) in [5, 5.41) is 6.77. The lowest BCUT2D eigenvalue weighted by molar-refractivity contribution is -0.123. The second-order valence-corrected chi connectivity index (χ2v) is 7.89. The Morgan fingerprint density at radius 3 is 2.74 bits per heavy atom. The maximum absolute atomic E-state index is 13.1. The number of hydrogen-bond donors (Lipinski definition) is 1. The highest BCUT2D eigenvalue weighted by atomic mass is 16.5. The van der Waals surface area contributed by atoms with Crippen LogP contribution >= 0.6 is 0 Å². The third-order valence-electron chi connectivity index (χ3n) is 5.56. The summed E-state index contributed by atoms with van der Waals surface area (Å²) in [6, 6.07) is 11.2. The van der Waals surface area contributed by atoms with Crippen molar-refractivity contribution in [3.63, 3.8) is 0 Å². The number of rotatable bonds is 6. The van der Waals surface area contributed by atoms with Gasteiger partial charge in [0, 0.05) is 43.4 Å². The zero-order valence-electron chi connectivity index (χ0n) is 17.8. The van der Waals surface area contributed by atoms with Gasteiger partial charge in [-0.25, -0.2) is 0 Å². The van der Waals surface area contributed by atoms with E-state index in [0.717, 1.165) is 28.0 Å². The number of nitrogens with one attached hydrogen (secondary N) is 1. The number of aromatic nitrogens is 2. The molecular weight excluding hydrogens is 394 g/mol. The van der Waals surface area contributed by atoms with Crippen molar-refractivity contribution in [3.8, 4) is 22.6 Å². The zero-order valence-corrected chi connectivity index (χ0v) is 17.8. The molecule has 0 radical (unpaired) electrons. The SMILES string of the molecule is COc1cc(-c2cn[nH]c2)ccc1CC(=O)C1COc2ccc(C(=O)N(C)C)cc2C1. The molecule has 7 heteroatoms. The van der Waals surface area contributed by atoms with Crippen LogP contribution in [0.1, 0.15) is 21.5 Å². The lowest BCUT2D eigenvalue weighted by atomic mass is 9.89. The first-order valence-electron chi connectivity index (χ1n) is 10.1. The van der Waals surface area contributed by atoms with Gasteiger partial charge in [0.2, 0.25) is 0 Å². The zero-order chi connectivity index (χ0) is 22.0. The summed E-state index contributed by atoms with van der Waals surface area (Å²) >= 11 is 0. The Bertz CT molecular complexity index is 1110. The number of fused-ring (bicyclic) bond motifs is 1. The molecule has 7 nitrogen and oxygen atoms in total. The number of hydrogen-bond acceptors (Lipinski definition) is 5. The highest BCUT2D eigenvalue weighted by molar-refractivity contribution is 5.94. The highest BCUT2D eigenvalue weighted by Crippen LogP contribution is 2.31. The van der Waals surface area contributed by atoms with Gasteiger partial charge in [0.25, 0.3) is 5.91 Å². The Hall–Kier alpha value is -3.61. The molecule has 2 aromatic carbocycles. The summed E-state index contributed by atoms with van der Waals surface area (Å²) in [4.78, 5) is 26.9. The van der Waals surface area contributed by atoms with Crippen LogP contribution in [0.4, 0.5) is 0 Å². The average Bonchev–Trinajstić information content (AvgIpc) is 3.33. The van der Waals surface area contributed by atoms with Crippen molar-refractivity contribution in [2.75, 3.05) is 27.8 Å². The maximum atomic E-state index is 13.1. The fourth-order valence-electron chi connectivity index (χ4n) is 3.80. The standard InChI is InChI=1S/C24H25N3O4/c1-27(2)24(29)17-6-7-22-18(8-17)9-19(14-31-22)21(28)10-16-5-4-15(11-23(16)30-3)20-12-25-26-13-20/h4-8,11-13,19H,9-10,14H2,1-3H3,(H,25,26). The molecule has 2 heterocycles. The van der Waals surface area contributed by atoms with Crippen molar-refractivity contribution < 1.29 is 19.1 Å². The van der Waals surface area contributed by atoms with Gasteiger partial charge in [-0.15, -0.1) is 0 Å². The van der Waals surface area contributed by atoms with E-state index >= 15 is 0 Å². The van der Waals surface area contributed by atoms with Gasteiger partial charge in [-0.1, -0.05) is 12.1 Å². The van der Waals surface area contributed by atoms with E-state index in [1.54, 1.807) is 33.5 Å². The van der Waals surface area contributed by atoms with Crippen molar-refractivity contribution in [3.05, 3.63) is 65.5 Å². The second-order valence-electron chi connectivity index (χ2n) is 7.89. The molecule has 4 rings (SSSR count). The van der Waals surface area contributed by atoms with Crippen LogP contribution in [0, 0.1) is 5.92 Å². The number of methoxy groups -OCH3 is 1. The second kappa shape index (κ2) is 8.63. The molecule has 1 aliphatic rings. The van der Waals surface area contributed by atoms with Crippen LogP contribution in [-0.2, 0) is 17.6 Å². The largest absolute Gasteiger partial charge is 0.496 e. The molecule has 1 N–H and O–H groups in total. The molecule has 0 saturated heterocycles. The third-order valence-corrected chi connectivity index (χ3v) is 5.56. The number of ketones is 1. The number of benzene rings is 2. The fourth-order valence-corrected chi connectivity index (χ4v) is 3.80. The number of carbonyl (C=O) groups excluding carboxylic acids is 2. The van der Waals surface area contributed by atoms with Crippen LogP contribution in [0.15, 0.2) is 48.8 Å². The van der Waals surface area contributed by atoms with Crippen LogP contribution in [0.25, 0.3) is 11.1 Å². The predicted molar refractivity (Wildman–Crippen MR) is 116 cm³/mol. The number of aromatic amines is 1. The van der Waals surface area contributed by atoms with Crippen molar-refractivity contribution in [2.24, 2.45) is 5.92 Å². The lowest BCUT2D eigenvalue weighted by Gasteiger charge is -2.25. The molecular formula is C24H25N3O4. The van der Waals surface area contributed by atoms with Crippen molar-refractivity contribution in [2.45, 2.75) is 12.8 Å². The summed E-state index contributed by atoms with van der Waals surface area (Å²) in [6.45, 7) is 0.336. The van der Waals surface area contributed by atoms with Gasteiger partial charge in [-0.3, -0.25) is 14.7 Å². The molecule has 160 valence electrons. The minimum absolute atomic E-state index is 0.0706. The maximum Gasteiger partial charge on any atom is 0.253 e. The van der Waals surface area contributed by atoms with Gasteiger partial charge in [0.1, 0.15) is 17.3 Å². The molecule has 0 bridgehead atoms. The highest BCUT2D eigenvalue weighted by Gasteiger charge is 2.27. The monoisotopic (exact) mass is 419 g/mol. The topological polar surface area (TPSA) is 84.5 Å². The van der Waals surface area contributed by atoms with Gasteiger partial charge in [0.15, 0.2) is 0 Å². The summed E-state index contributed by atoms with van der Waals surface area (Å²) in [6.07, 6.45) is 4.37. The first-order valence-corrected chi connectivity index (χ1v) is 10.1. The molecule has 0 aliphatic carbocycles. The number of nitrogens with zero attached hydrogens (tertiary/aromatic N) is 2. The normalized spacial score (nSPS) is 15.0. The van der Waals surface area contributed by atoms with E-state index in [-0.39, 0.29) is 24.0 Å². The smallest absolute Gasteiger partial charge is 0.253 e. The van der Waals surface area contributed by atoms with Crippen LogP contribution in [-0.4, -0.2) is 54.6 Å². The van der Waals surface area contributed by atoms with Gasteiger partial charge < -0.3 is 14.4 Å². The fraction of sp³-hybridized carbons (Fsp3) is 0.292. The van der Waals surface area contributed by atoms with Crippen LogP contribution in [0.5, 0.6) is 11.5 Å². The Morgan fingerprint density at radius 2 is 2.03 bits per heavy atom. The number of H-pyrrole nitrogens is 1. The number of ether oxygens (including phenoxy) is 2. The molecule has 0 fully saturated rings. The van der Waals surface area contributed by atoms with Gasteiger partial charge in [0.05, 0.1) is 25.8 Å². The van der Waals surface area contributed by atoms with Gasteiger partial charge in [-0.2, -0.15) is 5.10 Å². The van der Waals surface area contributed by atoms with E-state index in [0.29, 0.717) is 24.3 Å². The molecule has 1 amide bonds. The minimum atomic E-state index is -0.268. The molecule has 3 aromatic rings. The van der Waals surface area contributed by atoms with E-state index in [4.69, 9.17) is 9.47 Å². The first kappa shape index (κ1) is 20.7. The molecule has 1 aliphatic heterocycles. The van der Waals surface area contributed by atoms with E-state index in [1.165, 1.54) is 4.90 Å². The first-order chi connectivity index (χ1) is 15.0. The molecule has 0 saturated carbocycles. The number of carbonyl (C=O) groups is 2.